The molecule has 0 bridgehead atoms. The highest BCUT2D eigenvalue weighted by atomic mass is 32.2. The Balaban J connectivity index is 0.000000587. The predicted molar refractivity (Wildman–Crippen MR) is 146 cm³/mol. The number of aryl methyl sites for hydroxylation is 1. The number of aromatic carboxylic acids is 1. The quantitative estimate of drug-likeness (QED) is 0.362. The molecule has 0 amide bonds. The number of sulfonamides is 1. The Labute approximate surface area is 234 Å². The molecule has 0 radical (unpaired) electrons. The van der Waals surface area contributed by atoms with Crippen molar-refractivity contribution in [2.45, 2.75) is 18.0 Å². The Bertz CT molecular complexity index is 1490. The van der Waals surface area contributed by atoms with Crippen LogP contribution in [-0.4, -0.2) is 70.0 Å². The summed E-state index contributed by atoms with van der Waals surface area (Å²) < 4.78 is 64.8. The molecule has 41 heavy (non-hydrogen) atoms. The van der Waals surface area contributed by atoms with Gasteiger partial charge < -0.3 is 24.7 Å². The lowest BCUT2D eigenvalue weighted by Crippen LogP contribution is -2.46. The molecule has 3 N–H and O–H groups in total. The van der Waals surface area contributed by atoms with Crippen LogP contribution in [0, 0.1) is 6.92 Å². The molecule has 1 heterocycles. The van der Waals surface area contributed by atoms with Crippen molar-refractivity contribution in [1.82, 2.24) is 0 Å². The van der Waals surface area contributed by atoms with Crippen molar-refractivity contribution in [3.8, 4) is 5.75 Å². The lowest BCUT2D eigenvalue weighted by atomic mass is 10.1. The minimum Gasteiger partial charge on any atom is -0.497 e. The van der Waals surface area contributed by atoms with Gasteiger partial charge in [-0.05, 0) is 67.1 Å². The number of methoxy groups -OCH3 is 1. The SMILES string of the molecule is COc1ccc(S(=O)(=O)Nc2ccc(N3CCN(c4cccc(C)c4)CC3)cc2C(=O)O)cc1.O=C(O)C(F)(F)F. The largest absolute Gasteiger partial charge is 0.497 e. The Morgan fingerprint density at radius 2 is 1.41 bits per heavy atom. The van der Waals surface area contributed by atoms with E-state index in [2.05, 4.69) is 39.6 Å². The number of aliphatic carboxylic acids is 1. The molecule has 1 aliphatic rings. The zero-order valence-electron chi connectivity index (χ0n) is 22.1. The predicted octanol–water partition coefficient (Wildman–Crippen LogP) is 4.46. The molecule has 3 aromatic carbocycles. The Hall–Kier alpha value is -4.46. The number of carboxylic acids is 2. The third-order valence-corrected chi connectivity index (χ3v) is 7.48. The van der Waals surface area contributed by atoms with Crippen LogP contribution in [0.5, 0.6) is 5.75 Å². The van der Waals surface area contributed by atoms with Crippen LogP contribution in [0.1, 0.15) is 15.9 Å². The van der Waals surface area contributed by atoms with E-state index in [0.717, 1.165) is 31.9 Å². The van der Waals surface area contributed by atoms with Gasteiger partial charge in [-0.2, -0.15) is 13.2 Å². The van der Waals surface area contributed by atoms with Gasteiger partial charge in [-0.15, -0.1) is 0 Å². The first-order valence-electron chi connectivity index (χ1n) is 12.1. The Kier molecular flexibility index (Phi) is 9.71. The second-order valence-corrected chi connectivity index (χ2v) is 10.6. The number of hydrogen-bond donors (Lipinski definition) is 3. The zero-order valence-corrected chi connectivity index (χ0v) is 22.9. The van der Waals surface area contributed by atoms with Crippen molar-refractivity contribution in [3.63, 3.8) is 0 Å². The van der Waals surface area contributed by atoms with Gasteiger partial charge >= 0.3 is 18.1 Å². The number of rotatable bonds is 7. The van der Waals surface area contributed by atoms with Gasteiger partial charge in [0.25, 0.3) is 10.0 Å². The van der Waals surface area contributed by atoms with Crippen LogP contribution < -0.4 is 19.3 Å². The first-order valence-corrected chi connectivity index (χ1v) is 13.6. The van der Waals surface area contributed by atoms with Gasteiger partial charge in [-0.25, -0.2) is 18.0 Å². The van der Waals surface area contributed by atoms with Crippen LogP contribution >= 0.6 is 0 Å². The molecule has 1 aliphatic heterocycles. The molecule has 10 nitrogen and oxygen atoms in total. The number of anilines is 3. The summed E-state index contributed by atoms with van der Waals surface area (Å²) in [6.07, 6.45) is -5.08. The first kappa shape index (κ1) is 31.1. The van der Waals surface area contributed by atoms with Gasteiger partial charge in [0.2, 0.25) is 0 Å². The monoisotopic (exact) mass is 595 g/mol. The standard InChI is InChI=1S/C25H27N3O5S.C2HF3O2/c1-18-4-3-5-19(16-18)27-12-14-28(15-13-27)20-6-11-24(23(17-20)25(29)30)26-34(31,32)22-9-7-21(33-2)8-10-22;3-2(4,5)1(6)7/h3-11,16-17,26H,12-15H2,1-2H3,(H,29,30);(H,6,7). The van der Waals surface area contributed by atoms with Crippen LogP contribution in [0.25, 0.3) is 0 Å². The molecular weight excluding hydrogens is 567 g/mol. The fraction of sp³-hybridized carbons (Fsp3) is 0.259. The lowest BCUT2D eigenvalue weighted by molar-refractivity contribution is -0.192. The summed E-state index contributed by atoms with van der Waals surface area (Å²) in [5.41, 5.74) is 3.04. The van der Waals surface area contributed by atoms with E-state index < -0.39 is 28.1 Å². The highest BCUT2D eigenvalue weighted by Crippen LogP contribution is 2.28. The summed E-state index contributed by atoms with van der Waals surface area (Å²) in [5, 5.41) is 16.9. The number of piperazine rings is 1. The summed E-state index contributed by atoms with van der Waals surface area (Å²) >= 11 is 0. The van der Waals surface area contributed by atoms with Gasteiger partial charge in [-0.1, -0.05) is 12.1 Å². The average molecular weight is 596 g/mol. The van der Waals surface area contributed by atoms with E-state index >= 15 is 0 Å². The van der Waals surface area contributed by atoms with Crippen LogP contribution in [0.3, 0.4) is 0 Å². The van der Waals surface area contributed by atoms with Crippen molar-refractivity contribution in [2.24, 2.45) is 0 Å². The van der Waals surface area contributed by atoms with E-state index in [-0.39, 0.29) is 16.1 Å². The van der Waals surface area contributed by atoms with Crippen molar-refractivity contribution in [2.75, 3.05) is 47.8 Å². The minimum atomic E-state index is -5.08. The van der Waals surface area contributed by atoms with Gasteiger partial charge in [0.15, 0.2) is 0 Å². The number of hydrogen-bond acceptors (Lipinski definition) is 7. The van der Waals surface area contributed by atoms with Gasteiger partial charge in [-0.3, -0.25) is 4.72 Å². The third kappa shape index (κ3) is 8.27. The topological polar surface area (TPSA) is 136 Å². The van der Waals surface area contributed by atoms with Crippen LogP contribution in [0.4, 0.5) is 30.2 Å². The molecule has 0 spiro atoms. The minimum absolute atomic E-state index is 0.0148. The number of halogens is 3. The molecule has 220 valence electrons. The molecule has 1 saturated heterocycles. The highest BCUT2D eigenvalue weighted by Gasteiger charge is 2.38. The van der Waals surface area contributed by atoms with E-state index in [4.69, 9.17) is 14.6 Å². The number of ether oxygens (including phenoxy) is 1. The number of carbonyl (C=O) groups is 2. The summed E-state index contributed by atoms with van der Waals surface area (Å²) in [6.45, 7) is 5.13. The van der Waals surface area contributed by atoms with Crippen molar-refractivity contribution >= 4 is 39.0 Å². The number of benzene rings is 3. The molecule has 0 saturated carbocycles. The maximum Gasteiger partial charge on any atom is 0.490 e. The summed E-state index contributed by atoms with van der Waals surface area (Å²) in [5.74, 6) is -3.43. The van der Waals surface area contributed by atoms with E-state index in [1.165, 1.54) is 54.8 Å². The summed E-state index contributed by atoms with van der Waals surface area (Å²) in [7, 11) is -2.47. The Morgan fingerprint density at radius 1 is 0.878 bits per heavy atom. The second-order valence-electron chi connectivity index (χ2n) is 8.93. The maximum atomic E-state index is 12.8. The van der Waals surface area contributed by atoms with Crippen molar-refractivity contribution < 1.29 is 46.1 Å². The summed E-state index contributed by atoms with van der Waals surface area (Å²) in [6, 6.07) is 19.0. The fourth-order valence-corrected chi connectivity index (χ4v) is 5.08. The van der Waals surface area contributed by atoms with Crippen LogP contribution in [0.2, 0.25) is 0 Å². The second kappa shape index (κ2) is 12.8. The van der Waals surface area contributed by atoms with Crippen LogP contribution in [-0.2, 0) is 14.8 Å². The van der Waals surface area contributed by atoms with Gasteiger partial charge in [0.1, 0.15) is 5.75 Å². The fourth-order valence-electron chi connectivity index (χ4n) is 4.00. The van der Waals surface area contributed by atoms with Crippen LogP contribution in [0.15, 0.2) is 71.6 Å². The number of carboxylic acid groups (broad SMARTS) is 2. The van der Waals surface area contributed by atoms with Crippen molar-refractivity contribution in [3.05, 3.63) is 77.9 Å². The smallest absolute Gasteiger partial charge is 0.490 e. The van der Waals surface area contributed by atoms with E-state index in [9.17, 15) is 31.5 Å². The number of alkyl halides is 3. The van der Waals surface area contributed by atoms with Crippen molar-refractivity contribution in [1.29, 1.82) is 0 Å². The molecule has 0 unspecified atom stereocenters. The van der Waals surface area contributed by atoms with E-state index in [0.29, 0.717) is 5.75 Å². The number of nitrogens with one attached hydrogen (secondary N) is 1. The molecular formula is C27H28F3N3O7S. The number of nitrogens with zero attached hydrogens (tertiary/aromatic N) is 2. The van der Waals surface area contributed by atoms with E-state index in [1.807, 2.05) is 6.07 Å². The molecule has 0 aliphatic carbocycles. The first-order chi connectivity index (χ1) is 19.2. The molecule has 1 fully saturated rings. The highest BCUT2D eigenvalue weighted by molar-refractivity contribution is 7.92. The lowest BCUT2D eigenvalue weighted by Gasteiger charge is -2.37. The average Bonchev–Trinajstić information content (AvgIpc) is 2.93. The Morgan fingerprint density at radius 3 is 1.88 bits per heavy atom. The van der Waals surface area contributed by atoms with E-state index in [1.54, 1.807) is 6.07 Å². The molecule has 3 aromatic rings. The van der Waals surface area contributed by atoms with Gasteiger partial charge in [0.05, 0.1) is 23.3 Å². The zero-order chi connectivity index (χ0) is 30.4. The normalized spacial score (nSPS) is 13.6. The molecule has 4 rings (SSSR count). The molecule has 0 aromatic heterocycles. The molecule has 0 atom stereocenters. The molecule has 14 heteroatoms. The van der Waals surface area contributed by atoms with Gasteiger partial charge in [0, 0.05) is 37.6 Å². The third-order valence-electron chi connectivity index (χ3n) is 6.10. The maximum absolute atomic E-state index is 12.8. The summed E-state index contributed by atoms with van der Waals surface area (Å²) in [4.78, 5) is 25.3.